The first-order chi connectivity index (χ1) is 19.1. The fourth-order valence-corrected chi connectivity index (χ4v) is 3.28. The van der Waals surface area contributed by atoms with Crippen molar-refractivity contribution >= 4 is 24.4 Å². The summed E-state index contributed by atoms with van der Waals surface area (Å²) in [5, 5.41) is 9.93. The molecule has 12 heteroatoms. The summed E-state index contributed by atoms with van der Waals surface area (Å²) in [6, 6.07) is 4.13. The Morgan fingerprint density at radius 2 is 1.37 bits per heavy atom. The molecule has 0 heterocycles. The first kappa shape index (κ1) is 35.5. The highest BCUT2D eigenvalue weighted by Gasteiger charge is 2.37. The highest BCUT2D eigenvalue weighted by Crippen LogP contribution is 2.32. The van der Waals surface area contributed by atoms with Crippen molar-refractivity contribution in [3.63, 3.8) is 0 Å². The Morgan fingerprint density at radius 3 is 1.85 bits per heavy atom. The largest absolute Gasteiger partial charge is 0.514 e. The molecular formula is C29H45NO11. The number of aliphatic carboxylic acids is 1. The van der Waals surface area contributed by atoms with Crippen LogP contribution in [0.25, 0.3) is 0 Å². The van der Waals surface area contributed by atoms with Gasteiger partial charge in [-0.1, -0.05) is 47.1 Å². The van der Waals surface area contributed by atoms with Crippen LogP contribution in [0, 0.1) is 11.8 Å². The summed E-state index contributed by atoms with van der Waals surface area (Å²) < 4.78 is 31.3. The van der Waals surface area contributed by atoms with Crippen molar-refractivity contribution in [2.75, 3.05) is 6.61 Å². The van der Waals surface area contributed by atoms with Gasteiger partial charge in [-0.3, -0.25) is 4.79 Å². The molecule has 0 radical (unpaired) electrons. The molecule has 41 heavy (non-hydrogen) atoms. The Hall–Kier alpha value is -3.54. The summed E-state index contributed by atoms with van der Waals surface area (Å²) in [7, 11) is 0. The molecular weight excluding hydrogens is 538 g/mol. The Morgan fingerprint density at radius 1 is 0.829 bits per heavy atom. The molecule has 3 unspecified atom stereocenters. The maximum atomic E-state index is 12.5. The van der Waals surface area contributed by atoms with Crippen LogP contribution in [-0.4, -0.2) is 60.0 Å². The third-order valence-corrected chi connectivity index (χ3v) is 6.45. The highest BCUT2D eigenvalue weighted by atomic mass is 16.8. The molecule has 1 rings (SSSR count). The monoisotopic (exact) mass is 583 g/mol. The van der Waals surface area contributed by atoms with Crippen molar-refractivity contribution in [1.82, 2.24) is 0 Å². The van der Waals surface area contributed by atoms with Gasteiger partial charge in [0.15, 0.2) is 11.5 Å². The molecule has 232 valence electrons. The van der Waals surface area contributed by atoms with Crippen LogP contribution in [0.4, 0.5) is 14.4 Å². The van der Waals surface area contributed by atoms with E-state index in [1.807, 2.05) is 34.6 Å². The lowest BCUT2D eigenvalue weighted by atomic mass is 9.86. The van der Waals surface area contributed by atoms with Crippen molar-refractivity contribution < 1.29 is 52.7 Å². The summed E-state index contributed by atoms with van der Waals surface area (Å²) in [5.74, 6) is -1.64. The second kappa shape index (κ2) is 16.7. The third-order valence-electron chi connectivity index (χ3n) is 6.45. The summed E-state index contributed by atoms with van der Waals surface area (Å²) in [6.45, 7) is 14.5. The van der Waals surface area contributed by atoms with E-state index in [4.69, 9.17) is 34.2 Å². The number of benzene rings is 1. The molecule has 0 fully saturated rings. The number of carbonyl (C=O) groups excluding carboxylic acids is 3. The predicted octanol–water partition coefficient (Wildman–Crippen LogP) is 5.86. The van der Waals surface area contributed by atoms with Gasteiger partial charge in [-0.05, 0) is 56.7 Å². The molecule has 0 amide bonds. The number of carboxylic acid groups (broad SMARTS) is 1. The van der Waals surface area contributed by atoms with Gasteiger partial charge in [0.25, 0.3) is 0 Å². The van der Waals surface area contributed by atoms with Crippen LogP contribution in [0.1, 0.15) is 80.2 Å². The van der Waals surface area contributed by atoms with Crippen LogP contribution in [-0.2, 0) is 30.2 Å². The molecule has 0 spiro atoms. The quantitative estimate of drug-likeness (QED) is 0.109. The number of hydrogen-bond donors (Lipinski definition) is 2. The maximum absolute atomic E-state index is 12.5. The van der Waals surface area contributed by atoms with Gasteiger partial charge in [0, 0.05) is 12.8 Å². The second-order valence-corrected chi connectivity index (χ2v) is 10.8. The molecule has 0 bridgehead atoms. The van der Waals surface area contributed by atoms with E-state index in [1.165, 1.54) is 25.1 Å². The minimum absolute atomic E-state index is 0.0126. The van der Waals surface area contributed by atoms with Crippen molar-refractivity contribution in [2.45, 2.75) is 105 Å². The van der Waals surface area contributed by atoms with Crippen LogP contribution in [0.15, 0.2) is 18.2 Å². The van der Waals surface area contributed by atoms with Crippen LogP contribution < -0.4 is 15.2 Å². The topological polar surface area (TPSA) is 170 Å². The first-order valence-corrected chi connectivity index (χ1v) is 13.8. The molecule has 0 aromatic heterocycles. The van der Waals surface area contributed by atoms with Crippen molar-refractivity contribution in [2.24, 2.45) is 17.6 Å². The van der Waals surface area contributed by atoms with Gasteiger partial charge in [0.1, 0.15) is 23.9 Å². The molecule has 4 atom stereocenters. The average molecular weight is 584 g/mol. The lowest BCUT2D eigenvalue weighted by Crippen LogP contribution is -2.52. The minimum atomic E-state index is -1.87. The first-order valence-electron chi connectivity index (χ1n) is 13.8. The number of carbonyl (C=O) groups is 4. The van der Waals surface area contributed by atoms with E-state index in [2.05, 4.69) is 0 Å². The van der Waals surface area contributed by atoms with E-state index < -0.39 is 48.3 Å². The molecule has 1 aromatic rings. The normalized spacial score (nSPS) is 14.8. The number of rotatable bonds is 15. The van der Waals surface area contributed by atoms with Gasteiger partial charge >= 0.3 is 24.4 Å². The Balaban J connectivity index is 3.19. The van der Waals surface area contributed by atoms with Gasteiger partial charge in [0.2, 0.25) is 0 Å². The fraction of sp³-hybridized carbons (Fsp3) is 0.655. The van der Waals surface area contributed by atoms with Gasteiger partial charge in [-0.2, -0.15) is 0 Å². The van der Waals surface area contributed by atoms with E-state index >= 15 is 0 Å². The maximum Gasteiger partial charge on any atom is 0.514 e. The molecule has 0 aliphatic heterocycles. The molecule has 0 saturated carbocycles. The van der Waals surface area contributed by atoms with Gasteiger partial charge in [-0.15, -0.1) is 0 Å². The SMILES string of the molecule is CCCCOC(=O)O[C@@H](C)CC(N)(Cc1ccc(OC(=O)OC(C)C(C)C)c(OC(=O)OC(C)C(C)C)c1)C(=O)O. The zero-order valence-electron chi connectivity index (χ0n) is 25.3. The van der Waals surface area contributed by atoms with Gasteiger partial charge < -0.3 is 39.3 Å². The third kappa shape index (κ3) is 12.7. The number of carboxylic acids is 1. The van der Waals surface area contributed by atoms with E-state index in [0.29, 0.717) is 12.0 Å². The number of ether oxygens (including phenoxy) is 6. The molecule has 0 aliphatic carbocycles. The fourth-order valence-electron chi connectivity index (χ4n) is 3.28. The Labute approximate surface area is 241 Å². The van der Waals surface area contributed by atoms with Crippen molar-refractivity contribution in [3.8, 4) is 11.5 Å². The summed E-state index contributed by atoms with van der Waals surface area (Å²) >= 11 is 0. The van der Waals surface area contributed by atoms with Crippen LogP contribution in [0.2, 0.25) is 0 Å². The van der Waals surface area contributed by atoms with Crippen LogP contribution in [0.5, 0.6) is 11.5 Å². The van der Waals surface area contributed by atoms with E-state index in [0.717, 1.165) is 6.42 Å². The van der Waals surface area contributed by atoms with E-state index in [9.17, 15) is 24.3 Å². The molecule has 0 saturated heterocycles. The standard InChI is InChI=1S/C29H45NO11/c1-9-10-13-36-26(33)37-19(6)15-29(30,25(31)32)16-22-11-12-23(40-27(34)38-20(7)17(2)3)24(14-22)41-28(35)39-21(8)18(4)5/h11-12,14,17-21H,9-10,13,15-16,30H2,1-8H3,(H,31,32)/t19-,20?,21?,29?/m0/s1. The lowest BCUT2D eigenvalue weighted by molar-refractivity contribution is -0.144. The Kier molecular flexibility index (Phi) is 14.4. The summed E-state index contributed by atoms with van der Waals surface area (Å²) in [6.07, 6.45) is -3.75. The number of unbranched alkanes of at least 4 members (excludes halogenated alkanes) is 1. The van der Waals surface area contributed by atoms with Crippen LogP contribution >= 0.6 is 0 Å². The molecule has 0 aliphatic rings. The minimum Gasteiger partial charge on any atom is -0.480 e. The molecule has 3 N–H and O–H groups in total. The highest BCUT2D eigenvalue weighted by molar-refractivity contribution is 5.79. The summed E-state index contributed by atoms with van der Waals surface area (Å²) in [5.41, 5.74) is 4.72. The van der Waals surface area contributed by atoms with Gasteiger partial charge in [0.05, 0.1) is 6.61 Å². The van der Waals surface area contributed by atoms with E-state index in [1.54, 1.807) is 13.8 Å². The zero-order valence-corrected chi connectivity index (χ0v) is 25.3. The number of hydrogen-bond acceptors (Lipinski definition) is 11. The van der Waals surface area contributed by atoms with Gasteiger partial charge in [-0.25, -0.2) is 14.4 Å². The zero-order chi connectivity index (χ0) is 31.3. The molecule has 1 aromatic carbocycles. The summed E-state index contributed by atoms with van der Waals surface area (Å²) in [4.78, 5) is 48.9. The van der Waals surface area contributed by atoms with Crippen LogP contribution in [0.3, 0.4) is 0 Å². The lowest BCUT2D eigenvalue weighted by Gasteiger charge is -2.28. The smallest absolute Gasteiger partial charge is 0.480 e. The second-order valence-electron chi connectivity index (χ2n) is 10.8. The average Bonchev–Trinajstić information content (AvgIpc) is 2.85. The van der Waals surface area contributed by atoms with E-state index in [-0.39, 0.29) is 42.8 Å². The predicted molar refractivity (Wildman–Crippen MR) is 149 cm³/mol. The van der Waals surface area contributed by atoms with Crippen molar-refractivity contribution in [1.29, 1.82) is 0 Å². The molecule has 12 nitrogen and oxygen atoms in total. The van der Waals surface area contributed by atoms with Crippen molar-refractivity contribution in [3.05, 3.63) is 23.8 Å². The Bertz CT molecular complexity index is 1030. The number of nitrogens with two attached hydrogens (primary N) is 1.